The van der Waals surface area contributed by atoms with Crippen molar-refractivity contribution in [3.63, 3.8) is 0 Å². The van der Waals surface area contributed by atoms with Crippen LogP contribution in [-0.4, -0.2) is 25.2 Å². The molecular formula is C16H28N2OS. The van der Waals surface area contributed by atoms with E-state index in [1.165, 1.54) is 41.3 Å². The first-order valence-electron chi connectivity index (χ1n) is 7.78. The number of nitrogens with zero attached hydrogens (tertiary/aromatic N) is 1. The Morgan fingerprint density at radius 2 is 2.20 bits per heavy atom. The van der Waals surface area contributed by atoms with Gasteiger partial charge in [-0.25, -0.2) is 4.98 Å². The summed E-state index contributed by atoms with van der Waals surface area (Å²) in [6.45, 7) is 8.35. The molecule has 3 atom stereocenters. The summed E-state index contributed by atoms with van der Waals surface area (Å²) < 4.78 is 5.19. The third-order valence-electron chi connectivity index (χ3n) is 4.43. The Morgan fingerprint density at radius 3 is 2.80 bits per heavy atom. The van der Waals surface area contributed by atoms with E-state index in [0.29, 0.717) is 6.04 Å². The minimum absolute atomic E-state index is 0.408. The second-order valence-corrected chi connectivity index (χ2v) is 7.38. The van der Waals surface area contributed by atoms with Gasteiger partial charge in [-0.05, 0) is 38.5 Å². The van der Waals surface area contributed by atoms with Crippen LogP contribution < -0.4 is 5.32 Å². The van der Waals surface area contributed by atoms with Crippen LogP contribution in [0.5, 0.6) is 0 Å². The lowest BCUT2D eigenvalue weighted by atomic mass is 9.78. The van der Waals surface area contributed by atoms with Crippen LogP contribution in [0.25, 0.3) is 0 Å². The van der Waals surface area contributed by atoms with Gasteiger partial charge in [-0.1, -0.05) is 19.8 Å². The van der Waals surface area contributed by atoms with Gasteiger partial charge in [-0.15, -0.1) is 11.3 Å². The molecule has 1 fully saturated rings. The number of rotatable bonds is 6. The van der Waals surface area contributed by atoms with E-state index in [0.717, 1.165) is 25.0 Å². The molecule has 0 radical (unpaired) electrons. The number of methoxy groups -OCH3 is 1. The summed E-state index contributed by atoms with van der Waals surface area (Å²) in [4.78, 5) is 6.15. The maximum Gasteiger partial charge on any atom is 0.110 e. The lowest BCUT2D eigenvalue weighted by Gasteiger charge is -2.33. The van der Waals surface area contributed by atoms with Crippen molar-refractivity contribution in [3.8, 4) is 0 Å². The molecule has 0 amide bonds. The maximum absolute atomic E-state index is 5.19. The summed E-state index contributed by atoms with van der Waals surface area (Å²) in [6, 6.07) is 0.408. The van der Waals surface area contributed by atoms with Crippen LogP contribution in [0.1, 0.15) is 54.2 Å². The molecule has 1 saturated carbocycles. The molecule has 1 heterocycles. The highest BCUT2D eigenvalue weighted by Crippen LogP contribution is 2.38. The Labute approximate surface area is 127 Å². The van der Waals surface area contributed by atoms with Gasteiger partial charge < -0.3 is 10.1 Å². The molecule has 1 aliphatic carbocycles. The standard InChI is InChI=1S/C16H28N2OS/c1-11-6-5-7-14(10-11)15(17-8-9-19-4)16-18-12(2)13(3)20-16/h11,14-15,17H,5-10H2,1-4H3. The lowest BCUT2D eigenvalue weighted by molar-refractivity contribution is 0.177. The summed E-state index contributed by atoms with van der Waals surface area (Å²) in [6.07, 6.45) is 5.39. The maximum atomic E-state index is 5.19. The predicted octanol–water partition coefficient (Wildman–Crippen LogP) is 3.86. The van der Waals surface area contributed by atoms with Crippen LogP contribution in [0.3, 0.4) is 0 Å². The van der Waals surface area contributed by atoms with Gasteiger partial charge in [-0.2, -0.15) is 0 Å². The minimum Gasteiger partial charge on any atom is -0.383 e. The molecule has 1 aliphatic rings. The number of nitrogens with one attached hydrogen (secondary N) is 1. The Kier molecular flexibility index (Phi) is 6.00. The molecule has 114 valence electrons. The van der Waals surface area contributed by atoms with E-state index in [9.17, 15) is 0 Å². The third-order valence-corrected chi connectivity index (χ3v) is 5.59. The van der Waals surface area contributed by atoms with E-state index in [-0.39, 0.29) is 0 Å². The zero-order valence-electron chi connectivity index (χ0n) is 13.2. The van der Waals surface area contributed by atoms with Crippen molar-refractivity contribution in [2.75, 3.05) is 20.3 Å². The molecular weight excluding hydrogens is 268 g/mol. The second kappa shape index (κ2) is 7.53. The van der Waals surface area contributed by atoms with E-state index in [2.05, 4.69) is 26.1 Å². The normalized spacial score (nSPS) is 24.8. The van der Waals surface area contributed by atoms with Crippen LogP contribution in [0, 0.1) is 25.7 Å². The minimum atomic E-state index is 0.408. The summed E-state index contributed by atoms with van der Waals surface area (Å²) in [5.74, 6) is 1.57. The zero-order valence-corrected chi connectivity index (χ0v) is 14.1. The van der Waals surface area contributed by atoms with Crippen molar-refractivity contribution in [2.24, 2.45) is 11.8 Å². The van der Waals surface area contributed by atoms with E-state index < -0.39 is 0 Å². The van der Waals surface area contributed by atoms with E-state index in [1.807, 2.05) is 11.3 Å². The number of thiazole rings is 1. The fourth-order valence-electron chi connectivity index (χ4n) is 3.19. The lowest BCUT2D eigenvalue weighted by Crippen LogP contribution is -2.33. The van der Waals surface area contributed by atoms with E-state index in [1.54, 1.807) is 7.11 Å². The third kappa shape index (κ3) is 4.03. The SMILES string of the molecule is COCCNC(c1nc(C)c(C)s1)C1CCCC(C)C1. The zero-order chi connectivity index (χ0) is 14.5. The molecule has 4 heteroatoms. The number of aromatic nitrogens is 1. The van der Waals surface area contributed by atoms with Crippen molar-refractivity contribution in [1.82, 2.24) is 10.3 Å². The largest absolute Gasteiger partial charge is 0.383 e. The van der Waals surface area contributed by atoms with Crippen molar-refractivity contribution in [2.45, 2.75) is 52.5 Å². The highest BCUT2D eigenvalue weighted by atomic mass is 32.1. The van der Waals surface area contributed by atoms with Gasteiger partial charge in [0.2, 0.25) is 0 Å². The van der Waals surface area contributed by atoms with Crippen molar-refractivity contribution < 1.29 is 4.74 Å². The Bertz CT molecular complexity index is 399. The fourth-order valence-corrected chi connectivity index (χ4v) is 4.28. The molecule has 20 heavy (non-hydrogen) atoms. The Morgan fingerprint density at radius 1 is 1.40 bits per heavy atom. The van der Waals surface area contributed by atoms with Crippen molar-refractivity contribution >= 4 is 11.3 Å². The predicted molar refractivity (Wildman–Crippen MR) is 85.3 cm³/mol. The Balaban J connectivity index is 2.10. The van der Waals surface area contributed by atoms with Gasteiger partial charge in [0, 0.05) is 18.5 Å². The molecule has 3 nitrogen and oxygen atoms in total. The molecule has 0 bridgehead atoms. The van der Waals surface area contributed by atoms with Crippen molar-refractivity contribution in [3.05, 3.63) is 15.6 Å². The van der Waals surface area contributed by atoms with E-state index in [4.69, 9.17) is 9.72 Å². The molecule has 0 spiro atoms. The van der Waals surface area contributed by atoms with Crippen LogP contribution >= 0.6 is 11.3 Å². The molecule has 1 aromatic rings. The fraction of sp³-hybridized carbons (Fsp3) is 0.812. The van der Waals surface area contributed by atoms with Gasteiger partial charge in [-0.3, -0.25) is 0 Å². The quantitative estimate of drug-likeness (QED) is 0.809. The first-order chi connectivity index (χ1) is 9.61. The first-order valence-corrected chi connectivity index (χ1v) is 8.59. The van der Waals surface area contributed by atoms with E-state index >= 15 is 0 Å². The average Bonchev–Trinajstić information content (AvgIpc) is 2.74. The monoisotopic (exact) mass is 296 g/mol. The van der Waals surface area contributed by atoms with Crippen LogP contribution in [0.15, 0.2) is 0 Å². The number of ether oxygens (including phenoxy) is 1. The van der Waals surface area contributed by atoms with Gasteiger partial charge >= 0.3 is 0 Å². The second-order valence-electron chi connectivity index (χ2n) is 6.15. The summed E-state index contributed by atoms with van der Waals surface area (Å²) in [5.41, 5.74) is 1.19. The van der Waals surface area contributed by atoms with Crippen LogP contribution in [0.4, 0.5) is 0 Å². The molecule has 0 aromatic carbocycles. The summed E-state index contributed by atoms with van der Waals surface area (Å²) >= 11 is 1.86. The summed E-state index contributed by atoms with van der Waals surface area (Å²) in [5, 5.41) is 4.96. The van der Waals surface area contributed by atoms with Crippen LogP contribution in [0.2, 0.25) is 0 Å². The first kappa shape index (κ1) is 15.9. The molecule has 1 aromatic heterocycles. The highest BCUT2D eigenvalue weighted by molar-refractivity contribution is 7.11. The number of hydrogen-bond acceptors (Lipinski definition) is 4. The van der Waals surface area contributed by atoms with Gasteiger partial charge in [0.05, 0.1) is 18.3 Å². The number of aryl methyl sites for hydroxylation is 2. The molecule has 0 aliphatic heterocycles. The highest BCUT2D eigenvalue weighted by Gasteiger charge is 2.29. The van der Waals surface area contributed by atoms with Crippen molar-refractivity contribution in [1.29, 1.82) is 0 Å². The molecule has 1 N–H and O–H groups in total. The topological polar surface area (TPSA) is 34.1 Å². The van der Waals surface area contributed by atoms with Gasteiger partial charge in [0.1, 0.15) is 5.01 Å². The molecule has 0 saturated heterocycles. The van der Waals surface area contributed by atoms with Gasteiger partial charge in [0.15, 0.2) is 0 Å². The summed E-state index contributed by atoms with van der Waals surface area (Å²) in [7, 11) is 1.76. The van der Waals surface area contributed by atoms with Gasteiger partial charge in [0.25, 0.3) is 0 Å². The average molecular weight is 296 g/mol. The molecule has 3 unspecified atom stereocenters. The number of hydrogen-bond donors (Lipinski definition) is 1. The molecule has 2 rings (SSSR count). The Hall–Kier alpha value is -0.450. The smallest absolute Gasteiger partial charge is 0.110 e. The van der Waals surface area contributed by atoms with Crippen LogP contribution in [-0.2, 0) is 4.74 Å².